The van der Waals surface area contributed by atoms with Crippen LogP contribution in [0.5, 0.6) is 0 Å². The molecular weight excluding hydrogens is 318 g/mol. The third kappa shape index (κ3) is 2.83. The van der Waals surface area contributed by atoms with E-state index in [9.17, 15) is 0 Å². The Hall–Kier alpha value is -1.07. The summed E-state index contributed by atoms with van der Waals surface area (Å²) in [5.41, 5.74) is 3.48. The lowest BCUT2D eigenvalue weighted by molar-refractivity contribution is 0.485. The van der Waals surface area contributed by atoms with Crippen molar-refractivity contribution >= 4 is 15.9 Å². The summed E-state index contributed by atoms with van der Waals surface area (Å²) < 4.78 is 8.82. The van der Waals surface area contributed by atoms with Crippen molar-refractivity contribution < 1.29 is 4.42 Å². The molecule has 1 atom stereocenters. The fourth-order valence-electron chi connectivity index (χ4n) is 2.62. The first-order chi connectivity index (χ1) is 9.47. The van der Waals surface area contributed by atoms with E-state index in [1.165, 1.54) is 11.3 Å². The van der Waals surface area contributed by atoms with Crippen LogP contribution >= 0.6 is 15.9 Å². The van der Waals surface area contributed by atoms with Crippen LogP contribution in [-0.4, -0.2) is 16.8 Å². The minimum Gasteiger partial charge on any atom is -0.466 e. The quantitative estimate of drug-likeness (QED) is 0.903. The van der Waals surface area contributed by atoms with Gasteiger partial charge in [-0.25, -0.2) is 0 Å². The van der Waals surface area contributed by atoms with Crippen molar-refractivity contribution in [3.05, 3.63) is 39.0 Å². The molecule has 0 aliphatic heterocycles. The van der Waals surface area contributed by atoms with Crippen molar-refractivity contribution in [2.75, 3.05) is 7.05 Å². The summed E-state index contributed by atoms with van der Waals surface area (Å²) >= 11 is 3.66. The van der Waals surface area contributed by atoms with Crippen LogP contribution in [0.1, 0.15) is 41.4 Å². The molecule has 1 N–H and O–H groups in total. The van der Waals surface area contributed by atoms with Crippen molar-refractivity contribution in [2.24, 2.45) is 0 Å². The van der Waals surface area contributed by atoms with Crippen LogP contribution in [0.15, 0.2) is 15.0 Å². The number of aryl methyl sites for hydroxylation is 4. The second-order valence-corrected chi connectivity index (χ2v) is 5.87. The minimum absolute atomic E-state index is 0.227. The molecule has 0 aromatic carbocycles. The molecular formula is C15H22BrN3O. The molecule has 5 heteroatoms. The monoisotopic (exact) mass is 339 g/mol. The highest BCUT2D eigenvalue weighted by Crippen LogP contribution is 2.29. The first-order valence-corrected chi connectivity index (χ1v) is 7.73. The van der Waals surface area contributed by atoms with Gasteiger partial charge in [0.05, 0.1) is 15.9 Å². The summed E-state index contributed by atoms with van der Waals surface area (Å²) in [6.07, 6.45) is 0.881. The van der Waals surface area contributed by atoms with Crippen LogP contribution < -0.4 is 5.32 Å². The van der Waals surface area contributed by atoms with E-state index in [4.69, 9.17) is 4.42 Å². The van der Waals surface area contributed by atoms with Crippen LogP contribution in [0.25, 0.3) is 0 Å². The summed E-state index contributed by atoms with van der Waals surface area (Å²) in [5, 5.41) is 7.94. The van der Waals surface area contributed by atoms with Crippen LogP contribution in [0.4, 0.5) is 0 Å². The van der Waals surface area contributed by atoms with Gasteiger partial charge in [-0.3, -0.25) is 4.68 Å². The fourth-order valence-corrected chi connectivity index (χ4v) is 3.07. The fraction of sp³-hybridized carbons (Fsp3) is 0.533. The number of nitrogens with zero attached hydrogens (tertiary/aromatic N) is 2. The smallest absolute Gasteiger partial charge is 0.105 e. The Morgan fingerprint density at radius 2 is 2.10 bits per heavy atom. The second-order valence-electron chi connectivity index (χ2n) is 5.08. The van der Waals surface area contributed by atoms with Gasteiger partial charge in [-0.2, -0.15) is 5.10 Å². The maximum absolute atomic E-state index is 5.65. The van der Waals surface area contributed by atoms with Gasteiger partial charge in [-0.05, 0) is 56.7 Å². The molecule has 2 rings (SSSR count). The number of likely N-dealkylation sites (N-methyl/N-ethyl adjacent to an activating group) is 1. The van der Waals surface area contributed by atoms with Gasteiger partial charge in [-0.15, -0.1) is 0 Å². The van der Waals surface area contributed by atoms with E-state index in [0.29, 0.717) is 0 Å². The zero-order valence-corrected chi connectivity index (χ0v) is 14.3. The molecule has 2 aromatic rings. The van der Waals surface area contributed by atoms with Gasteiger partial charge in [0, 0.05) is 24.6 Å². The zero-order valence-electron chi connectivity index (χ0n) is 12.7. The van der Waals surface area contributed by atoms with Crippen molar-refractivity contribution in [2.45, 2.75) is 46.7 Å². The lowest BCUT2D eigenvalue weighted by atomic mass is 10.0. The Morgan fingerprint density at radius 1 is 1.40 bits per heavy atom. The molecule has 2 heterocycles. The third-order valence-electron chi connectivity index (χ3n) is 3.65. The number of hydrogen-bond acceptors (Lipinski definition) is 3. The van der Waals surface area contributed by atoms with Gasteiger partial charge in [0.15, 0.2) is 0 Å². The predicted octanol–water partition coefficient (Wildman–Crippen LogP) is 3.69. The zero-order chi connectivity index (χ0) is 14.9. The molecule has 0 saturated carbocycles. The van der Waals surface area contributed by atoms with E-state index in [1.807, 2.05) is 27.8 Å². The van der Waals surface area contributed by atoms with Gasteiger partial charge in [0.2, 0.25) is 0 Å². The molecule has 0 saturated heterocycles. The average molecular weight is 340 g/mol. The molecule has 0 aliphatic carbocycles. The van der Waals surface area contributed by atoms with Crippen molar-refractivity contribution in [3.8, 4) is 0 Å². The first-order valence-electron chi connectivity index (χ1n) is 6.93. The summed E-state index contributed by atoms with van der Waals surface area (Å²) in [6.45, 7) is 9.02. The second kappa shape index (κ2) is 6.14. The number of hydrogen-bond donors (Lipinski definition) is 1. The van der Waals surface area contributed by atoms with Crippen molar-refractivity contribution in [1.29, 1.82) is 0 Å². The van der Waals surface area contributed by atoms with E-state index in [-0.39, 0.29) is 6.04 Å². The standard InChI is InChI=1S/C15H22BrN3O/c1-6-19-14(15(16)10(3)18-19)8-13(17-5)12-7-9(2)20-11(12)4/h7,13,17H,6,8H2,1-5H3. The van der Waals surface area contributed by atoms with Gasteiger partial charge in [0.25, 0.3) is 0 Å². The Bertz CT molecular complexity index is 601. The van der Waals surface area contributed by atoms with Gasteiger partial charge < -0.3 is 9.73 Å². The Kier molecular flexibility index (Phi) is 4.70. The summed E-state index contributed by atoms with van der Waals surface area (Å²) in [5.74, 6) is 1.94. The van der Waals surface area contributed by atoms with Crippen LogP contribution in [0.2, 0.25) is 0 Å². The van der Waals surface area contributed by atoms with E-state index < -0.39 is 0 Å². The summed E-state index contributed by atoms with van der Waals surface area (Å²) in [7, 11) is 1.99. The lowest BCUT2D eigenvalue weighted by Crippen LogP contribution is -2.21. The average Bonchev–Trinajstić information content (AvgIpc) is 2.88. The molecule has 110 valence electrons. The number of nitrogens with one attached hydrogen (secondary N) is 1. The first kappa shape index (κ1) is 15.3. The Balaban J connectivity index is 2.34. The minimum atomic E-state index is 0.227. The number of rotatable bonds is 5. The van der Waals surface area contributed by atoms with Crippen LogP contribution in [-0.2, 0) is 13.0 Å². The summed E-state index contributed by atoms with van der Waals surface area (Å²) in [6, 6.07) is 2.34. The van der Waals surface area contributed by atoms with Crippen molar-refractivity contribution in [3.63, 3.8) is 0 Å². The topological polar surface area (TPSA) is 43.0 Å². The highest BCUT2D eigenvalue weighted by Gasteiger charge is 2.21. The van der Waals surface area contributed by atoms with E-state index in [0.717, 1.165) is 34.7 Å². The SMILES string of the molecule is CCn1nc(C)c(Br)c1CC(NC)c1cc(C)oc1C. The van der Waals surface area contributed by atoms with E-state index >= 15 is 0 Å². The van der Waals surface area contributed by atoms with Crippen LogP contribution in [0.3, 0.4) is 0 Å². The molecule has 1 unspecified atom stereocenters. The van der Waals surface area contributed by atoms with E-state index in [1.54, 1.807) is 0 Å². The Morgan fingerprint density at radius 3 is 2.60 bits per heavy atom. The normalized spacial score (nSPS) is 12.9. The lowest BCUT2D eigenvalue weighted by Gasteiger charge is -2.16. The number of halogens is 1. The number of aromatic nitrogens is 2. The van der Waals surface area contributed by atoms with Crippen LogP contribution in [0, 0.1) is 20.8 Å². The van der Waals surface area contributed by atoms with Gasteiger partial charge >= 0.3 is 0 Å². The van der Waals surface area contributed by atoms with Gasteiger partial charge in [-0.1, -0.05) is 0 Å². The molecule has 0 fully saturated rings. The molecule has 0 amide bonds. The maximum atomic E-state index is 5.65. The molecule has 4 nitrogen and oxygen atoms in total. The summed E-state index contributed by atoms with van der Waals surface area (Å²) in [4.78, 5) is 0. The third-order valence-corrected chi connectivity index (χ3v) is 4.69. The molecule has 20 heavy (non-hydrogen) atoms. The molecule has 0 radical (unpaired) electrons. The maximum Gasteiger partial charge on any atom is 0.105 e. The highest BCUT2D eigenvalue weighted by atomic mass is 79.9. The van der Waals surface area contributed by atoms with Gasteiger partial charge in [0.1, 0.15) is 11.5 Å². The Labute approximate surface area is 128 Å². The van der Waals surface area contributed by atoms with E-state index in [2.05, 4.69) is 44.0 Å². The number of furan rings is 1. The highest BCUT2D eigenvalue weighted by molar-refractivity contribution is 9.10. The molecule has 0 aliphatic rings. The predicted molar refractivity (Wildman–Crippen MR) is 84.0 cm³/mol. The molecule has 0 spiro atoms. The van der Waals surface area contributed by atoms with Crippen molar-refractivity contribution in [1.82, 2.24) is 15.1 Å². The molecule has 2 aromatic heterocycles. The molecule has 0 bridgehead atoms. The largest absolute Gasteiger partial charge is 0.466 e.